The van der Waals surface area contributed by atoms with Gasteiger partial charge in [-0.2, -0.15) is 0 Å². The fourth-order valence-electron chi connectivity index (χ4n) is 6.02. The summed E-state index contributed by atoms with van der Waals surface area (Å²) in [5.41, 5.74) is 7.92. The molecule has 3 rings (SSSR count). The minimum absolute atomic E-state index is 0. The van der Waals surface area contributed by atoms with Gasteiger partial charge in [0.2, 0.25) is 0 Å². The summed E-state index contributed by atoms with van der Waals surface area (Å²) in [6.07, 6.45) is 13.9. The molecule has 0 bridgehead atoms. The van der Waals surface area contributed by atoms with Crippen LogP contribution in [-0.4, -0.2) is 51.5 Å². The first kappa shape index (κ1) is 62.9. The Hall–Kier alpha value is -0.768. The first-order valence-electron chi connectivity index (χ1n) is 20.2. The number of unbranched alkanes of at least 4 members (excludes halogenated alkanes) is 3. The number of carbonyl (C=O) groups is 2. The molecule has 1 atom stereocenters. The fourth-order valence-corrected chi connectivity index (χ4v) is 6.02. The molecule has 0 saturated heterocycles. The topological polar surface area (TPSA) is 54.4 Å². The van der Waals surface area contributed by atoms with E-state index in [1.54, 1.807) is 19.9 Å². The number of Topliss-reactive ketones (excluding diaryl/α,β-unsaturated/α-hetero) is 1. The molecule has 0 fully saturated rings. The van der Waals surface area contributed by atoms with Crippen LogP contribution in [0.25, 0.3) is 0 Å². The maximum absolute atomic E-state index is 11.2. The third kappa shape index (κ3) is 36.8. The van der Waals surface area contributed by atoms with Crippen LogP contribution < -0.4 is 18.9 Å². The molecule has 0 radical (unpaired) electrons. The number of hydrogen-bond acceptors (Lipinski definition) is 3. The van der Waals surface area contributed by atoms with Crippen LogP contribution in [0.2, 0.25) is 0 Å². The van der Waals surface area contributed by atoms with Crippen LogP contribution in [0.15, 0.2) is 90.5 Å². The zero-order valence-electron chi connectivity index (χ0n) is 38.4. The zero-order valence-corrected chi connectivity index (χ0v) is 40.8. The molecular formula is C48H78Al2Cl3LiO3. The molecule has 0 heterocycles. The molecule has 57 heavy (non-hydrogen) atoms. The molecule has 0 aliphatic heterocycles. The van der Waals surface area contributed by atoms with Gasteiger partial charge in [0, 0.05) is 6.42 Å². The molecular weight excluding hydrogens is 792 g/mol. The quantitative estimate of drug-likeness (QED) is 0.115. The number of halogens is 3. The largest absolute Gasteiger partial charge is 1.00 e. The van der Waals surface area contributed by atoms with Crippen molar-refractivity contribution < 1.29 is 35.0 Å². The second-order valence-corrected chi connectivity index (χ2v) is 22.4. The van der Waals surface area contributed by atoms with Crippen LogP contribution in [-0.2, 0) is 39.7 Å². The minimum Gasteiger partial charge on any atom is -1.00 e. The Kier molecular flexibility index (Phi) is 40.8. The van der Waals surface area contributed by atoms with Crippen LogP contribution >= 0.6 is 30.1 Å². The van der Waals surface area contributed by atoms with Crippen LogP contribution in [0.3, 0.4) is 0 Å². The summed E-state index contributed by atoms with van der Waals surface area (Å²) in [4.78, 5) is 21.4. The molecule has 316 valence electrons. The fraction of sp³-hybridized carbons (Fsp3) is 0.542. The SMILES string of the molecule is CC(=O)C=C(C)C.CCCCc1ccc(C(C)(C)CC(C)=O)cc1.CCCCc1ccc(C(C)(C)CC(C)O)cc1.CCCCc1ccccc1.[AlH3].[Cl][Al]([Cl])[Cl].[H-].[Li+]. The van der Waals surface area contributed by atoms with Gasteiger partial charge in [-0.15, -0.1) is 0 Å². The van der Waals surface area contributed by atoms with Gasteiger partial charge in [0.25, 0.3) is 0 Å². The Morgan fingerprint density at radius 3 is 1.26 bits per heavy atom. The van der Waals surface area contributed by atoms with Gasteiger partial charge >= 0.3 is 30.2 Å². The minimum atomic E-state index is -1.72. The molecule has 3 nitrogen and oxygen atoms in total. The molecule has 0 aromatic heterocycles. The van der Waals surface area contributed by atoms with Crippen molar-refractivity contribution in [1.29, 1.82) is 0 Å². The van der Waals surface area contributed by atoms with Crippen LogP contribution in [0, 0.1) is 0 Å². The molecule has 1 N–H and O–H groups in total. The molecule has 0 amide bonds. The first-order chi connectivity index (χ1) is 25.7. The Balaban J connectivity index is -0.000000214. The van der Waals surface area contributed by atoms with Gasteiger partial charge in [-0.25, -0.2) is 30.1 Å². The summed E-state index contributed by atoms with van der Waals surface area (Å²) < 4.78 is 0. The van der Waals surface area contributed by atoms with E-state index in [4.69, 9.17) is 30.1 Å². The molecule has 3 aromatic rings. The Morgan fingerprint density at radius 2 is 1.00 bits per heavy atom. The molecule has 3 aromatic carbocycles. The summed E-state index contributed by atoms with van der Waals surface area (Å²) in [5.74, 6) is 0.380. The second-order valence-electron chi connectivity index (χ2n) is 16.0. The molecule has 0 saturated carbocycles. The number of benzene rings is 3. The predicted octanol–water partition coefficient (Wildman–Crippen LogP) is 10.6. The Bertz CT molecular complexity index is 1440. The smallest absolute Gasteiger partial charge is 1.00 e. The van der Waals surface area contributed by atoms with E-state index in [1.165, 1.54) is 79.2 Å². The van der Waals surface area contributed by atoms with Crippen molar-refractivity contribution in [1.82, 2.24) is 0 Å². The van der Waals surface area contributed by atoms with Gasteiger partial charge in [-0.05, 0) is 124 Å². The average Bonchev–Trinajstić information content (AvgIpc) is 3.09. The van der Waals surface area contributed by atoms with Crippen LogP contribution in [0.4, 0.5) is 0 Å². The number of rotatable bonds is 16. The maximum atomic E-state index is 11.2. The van der Waals surface area contributed by atoms with Crippen molar-refractivity contribution in [2.75, 3.05) is 0 Å². The van der Waals surface area contributed by atoms with Gasteiger partial charge in [0.15, 0.2) is 23.1 Å². The molecule has 1 unspecified atom stereocenters. The summed E-state index contributed by atoms with van der Waals surface area (Å²) in [6, 6.07) is 28.3. The molecule has 0 aliphatic rings. The number of hydrogen-bond donors (Lipinski definition) is 1. The van der Waals surface area contributed by atoms with Gasteiger partial charge in [-0.1, -0.05) is 152 Å². The first-order valence-corrected chi connectivity index (χ1v) is 25.4. The Labute approximate surface area is 391 Å². The monoisotopic (exact) mass is 868 g/mol. The molecule has 0 aliphatic carbocycles. The van der Waals surface area contributed by atoms with Crippen molar-refractivity contribution in [3.05, 3.63) is 118 Å². The number of aliphatic hydroxyl groups is 1. The van der Waals surface area contributed by atoms with E-state index < -0.39 is 11.4 Å². The van der Waals surface area contributed by atoms with E-state index in [-0.39, 0.29) is 66.1 Å². The normalized spacial score (nSPS) is 10.7. The van der Waals surface area contributed by atoms with E-state index >= 15 is 0 Å². The summed E-state index contributed by atoms with van der Waals surface area (Å²) in [7, 11) is 14.8. The van der Waals surface area contributed by atoms with Gasteiger partial charge in [0.05, 0.1) is 6.10 Å². The summed E-state index contributed by atoms with van der Waals surface area (Å²) in [5, 5.41) is 9.52. The maximum Gasteiger partial charge on any atom is 1.00 e. The third-order valence-electron chi connectivity index (χ3n) is 8.76. The van der Waals surface area contributed by atoms with E-state index in [9.17, 15) is 14.7 Å². The average molecular weight is 870 g/mol. The van der Waals surface area contributed by atoms with Crippen molar-refractivity contribution in [2.24, 2.45) is 0 Å². The van der Waals surface area contributed by atoms with Gasteiger partial charge < -0.3 is 6.53 Å². The summed E-state index contributed by atoms with van der Waals surface area (Å²) >= 11 is -1.72. The van der Waals surface area contributed by atoms with E-state index in [2.05, 4.69) is 127 Å². The number of ketones is 2. The zero-order chi connectivity index (χ0) is 42.5. The van der Waals surface area contributed by atoms with Crippen molar-refractivity contribution in [2.45, 2.75) is 171 Å². The van der Waals surface area contributed by atoms with Gasteiger partial charge in [0.1, 0.15) is 5.78 Å². The Morgan fingerprint density at radius 1 is 0.667 bits per heavy atom. The number of carbonyl (C=O) groups excluding carboxylic acids is 2. The summed E-state index contributed by atoms with van der Waals surface area (Å²) in [6.45, 7) is 24.2. The molecule has 0 spiro atoms. The van der Waals surface area contributed by atoms with Crippen LogP contribution in [0.1, 0.15) is 164 Å². The molecule has 9 heteroatoms. The van der Waals surface area contributed by atoms with Crippen molar-refractivity contribution >= 4 is 70.5 Å². The second kappa shape index (κ2) is 37.0. The van der Waals surface area contributed by atoms with Crippen molar-refractivity contribution in [3.8, 4) is 0 Å². The predicted molar refractivity (Wildman–Crippen MR) is 257 cm³/mol. The number of aryl methyl sites for hydroxylation is 3. The standard InChI is InChI=1S/C16H26O.C16H24O.C10H14.C6H10O.2Al.3ClH.Li.4H/c2*1-5-6-7-14-8-10-15(11-9-14)16(3,4)12-13(2)17;1-2-3-7-10-8-5-4-6-9-10;1-5(2)4-6(3)7;;;;;;;;;;/h8-11,13,17H,5-7,12H2,1-4H3;8-11H,5-7,12H2,1-4H3;4-6,8-9H,2-3,7H2,1H3;4H,1-3H3;;;3*1H;;;;;/q;;;;;+3;;;;+1;;;;-1/p-3. The van der Waals surface area contributed by atoms with E-state index in [0.29, 0.717) is 6.42 Å². The van der Waals surface area contributed by atoms with Crippen molar-refractivity contribution in [3.63, 3.8) is 0 Å². The number of allylic oxidation sites excluding steroid dienone is 2. The van der Waals surface area contributed by atoms with Gasteiger partial charge in [-0.3, -0.25) is 9.59 Å². The van der Waals surface area contributed by atoms with Crippen LogP contribution in [0.5, 0.6) is 0 Å². The third-order valence-corrected chi connectivity index (χ3v) is 8.76. The number of aliphatic hydroxyl groups excluding tert-OH is 1. The van der Waals surface area contributed by atoms with E-state index in [0.717, 1.165) is 18.4 Å². The van der Waals surface area contributed by atoms with E-state index in [1.807, 2.05) is 20.8 Å².